The lowest BCUT2D eigenvalue weighted by Gasteiger charge is -2.23. The summed E-state index contributed by atoms with van der Waals surface area (Å²) in [6, 6.07) is 0. The zero-order valence-electron chi connectivity index (χ0n) is 14.2. The minimum absolute atomic E-state index is 0.315. The van der Waals surface area contributed by atoms with Crippen LogP contribution in [0.15, 0.2) is 0 Å². The van der Waals surface area contributed by atoms with Crippen molar-refractivity contribution >= 4 is 11.9 Å². The molecule has 0 saturated heterocycles. The van der Waals surface area contributed by atoms with Crippen molar-refractivity contribution in [3.8, 4) is 0 Å². The molecule has 8 heteroatoms. The van der Waals surface area contributed by atoms with Gasteiger partial charge in [-0.2, -0.15) is 0 Å². The summed E-state index contributed by atoms with van der Waals surface area (Å²) in [7, 11) is 0. The molecule has 24 heavy (non-hydrogen) atoms. The zero-order valence-corrected chi connectivity index (χ0v) is 14.2. The Hall–Kier alpha value is -1.22. The van der Waals surface area contributed by atoms with Crippen LogP contribution in [0.3, 0.4) is 0 Å². The van der Waals surface area contributed by atoms with Gasteiger partial charge in [0.25, 0.3) is 5.91 Å². The van der Waals surface area contributed by atoms with Crippen LogP contribution < -0.4 is 5.32 Å². The molecule has 0 aromatic carbocycles. The lowest BCUT2D eigenvalue weighted by Crippen LogP contribution is -2.52. The van der Waals surface area contributed by atoms with Gasteiger partial charge in [0.2, 0.25) is 0 Å². The molecule has 0 heterocycles. The van der Waals surface area contributed by atoms with Crippen LogP contribution in [0.5, 0.6) is 0 Å². The molecule has 0 aliphatic rings. The minimum Gasteiger partial charge on any atom is -0.479 e. The highest BCUT2D eigenvalue weighted by molar-refractivity contribution is 5.81. The number of carbonyl (C=O) groups excluding carboxylic acids is 1. The van der Waals surface area contributed by atoms with Crippen LogP contribution in [-0.2, 0) is 9.59 Å². The summed E-state index contributed by atoms with van der Waals surface area (Å²) in [6.07, 6.45) is 0.226. The zero-order chi connectivity index (χ0) is 18.5. The van der Waals surface area contributed by atoms with Crippen LogP contribution in [0.25, 0.3) is 0 Å². The average Bonchev–Trinajstić information content (AvgIpc) is 2.57. The van der Waals surface area contributed by atoms with E-state index in [1.165, 1.54) is 25.7 Å². The number of aliphatic carboxylic acids is 1. The number of unbranched alkanes of at least 4 members (excludes halogenated alkanes) is 7. The monoisotopic (exact) mass is 349 g/mol. The summed E-state index contributed by atoms with van der Waals surface area (Å²) in [5, 5.41) is 48.5. The topological polar surface area (TPSA) is 147 Å². The van der Waals surface area contributed by atoms with Crippen molar-refractivity contribution in [1.82, 2.24) is 5.32 Å². The average molecular weight is 349 g/mol. The van der Waals surface area contributed by atoms with Crippen molar-refractivity contribution in [1.29, 1.82) is 0 Å². The molecule has 4 unspecified atom stereocenters. The van der Waals surface area contributed by atoms with E-state index in [1.54, 1.807) is 0 Å². The SMILES string of the molecule is CCCCCCCCCCNC(=O)C(O)C(O)C(O)C(O)C(=O)O. The Morgan fingerprint density at radius 2 is 1.25 bits per heavy atom. The van der Waals surface area contributed by atoms with Gasteiger partial charge in [0.15, 0.2) is 12.2 Å². The van der Waals surface area contributed by atoms with E-state index in [4.69, 9.17) is 10.2 Å². The molecule has 1 amide bonds. The van der Waals surface area contributed by atoms with Crippen LogP contribution in [-0.4, -0.2) is 68.4 Å². The van der Waals surface area contributed by atoms with Crippen LogP contribution in [0.1, 0.15) is 58.3 Å². The summed E-state index contributed by atoms with van der Waals surface area (Å²) in [5.41, 5.74) is 0. The maximum atomic E-state index is 11.6. The summed E-state index contributed by atoms with van der Waals surface area (Å²) < 4.78 is 0. The first kappa shape index (κ1) is 22.8. The van der Waals surface area contributed by atoms with Gasteiger partial charge < -0.3 is 30.8 Å². The van der Waals surface area contributed by atoms with E-state index in [0.717, 1.165) is 25.7 Å². The normalized spacial score (nSPS) is 16.2. The molecule has 0 aliphatic carbocycles. The number of aliphatic hydroxyl groups excluding tert-OH is 4. The summed E-state index contributed by atoms with van der Waals surface area (Å²) in [5.74, 6) is -2.67. The van der Waals surface area contributed by atoms with Gasteiger partial charge >= 0.3 is 5.97 Å². The molecule has 8 nitrogen and oxygen atoms in total. The molecular weight excluding hydrogens is 318 g/mol. The summed E-state index contributed by atoms with van der Waals surface area (Å²) >= 11 is 0. The number of amides is 1. The molecule has 0 radical (unpaired) electrons. The van der Waals surface area contributed by atoms with Crippen LogP contribution >= 0.6 is 0 Å². The van der Waals surface area contributed by atoms with E-state index < -0.39 is 36.3 Å². The molecule has 0 aromatic heterocycles. The Bertz CT molecular complexity index is 364. The summed E-state index contributed by atoms with van der Waals surface area (Å²) in [6.45, 7) is 2.48. The highest BCUT2D eigenvalue weighted by Crippen LogP contribution is 2.08. The number of carboxylic acids is 1. The lowest BCUT2D eigenvalue weighted by molar-refractivity contribution is -0.166. The highest BCUT2D eigenvalue weighted by Gasteiger charge is 2.37. The predicted octanol–water partition coefficient (Wildman–Crippen LogP) is -0.228. The fourth-order valence-electron chi connectivity index (χ4n) is 2.25. The largest absolute Gasteiger partial charge is 0.479 e. The molecule has 0 aromatic rings. The fraction of sp³-hybridized carbons (Fsp3) is 0.875. The second kappa shape index (κ2) is 13.1. The van der Waals surface area contributed by atoms with Crippen molar-refractivity contribution < 1.29 is 35.1 Å². The number of aliphatic hydroxyl groups is 4. The van der Waals surface area contributed by atoms with Crippen LogP contribution in [0.2, 0.25) is 0 Å². The van der Waals surface area contributed by atoms with Crippen molar-refractivity contribution in [3.63, 3.8) is 0 Å². The van der Waals surface area contributed by atoms with Crippen molar-refractivity contribution in [2.24, 2.45) is 0 Å². The minimum atomic E-state index is -2.28. The van der Waals surface area contributed by atoms with Crippen molar-refractivity contribution in [2.45, 2.75) is 82.7 Å². The predicted molar refractivity (Wildman–Crippen MR) is 87.3 cm³/mol. The number of carbonyl (C=O) groups is 2. The van der Waals surface area contributed by atoms with Crippen LogP contribution in [0.4, 0.5) is 0 Å². The quantitative estimate of drug-likeness (QED) is 0.237. The molecule has 142 valence electrons. The highest BCUT2D eigenvalue weighted by atomic mass is 16.4. The van der Waals surface area contributed by atoms with Gasteiger partial charge in [0.05, 0.1) is 0 Å². The molecule has 0 fully saturated rings. The molecule has 0 aliphatic heterocycles. The van der Waals surface area contributed by atoms with Gasteiger partial charge in [-0.25, -0.2) is 4.79 Å². The van der Waals surface area contributed by atoms with Gasteiger partial charge in [-0.15, -0.1) is 0 Å². The van der Waals surface area contributed by atoms with Crippen LogP contribution in [0, 0.1) is 0 Å². The second-order valence-corrected chi connectivity index (χ2v) is 5.97. The molecule has 0 saturated carbocycles. The Kier molecular flexibility index (Phi) is 12.4. The van der Waals surface area contributed by atoms with Crippen molar-refractivity contribution in [2.75, 3.05) is 6.54 Å². The van der Waals surface area contributed by atoms with E-state index in [1.807, 2.05) is 0 Å². The molecular formula is C16H31NO7. The number of hydrogen-bond donors (Lipinski definition) is 6. The van der Waals surface area contributed by atoms with Gasteiger partial charge in [0.1, 0.15) is 12.2 Å². The molecule has 0 rings (SSSR count). The van der Waals surface area contributed by atoms with E-state index in [2.05, 4.69) is 12.2 Å². The standard InChI is InChI=1S/C16H31NO7/c1-2-3-4-5-6-7-8-9-10-17-15(22)13(20)11(18)12(19)14(21)16(23)24/h11-14,18-21H,2-10H2,1H3,(H,17,22)(H,23,24). The van der Waals surface area contributed by atoms with Gasteiger partial charge in [-0.1, -0.05) is 51.9 Å². The molecule has 6 N–H and O–H groups in total. The fourth-order valence-corrected chi connectivity index (χ4v) is 2.25. The number of carboxylic acid groups (broad SMARTS) is 1. The van der Waals surface area contributed by atoms with E-state index in [0.29, 0.717) is 6.54 Å². The Morgan fingerprint density at radius 1 is 0.792 bits per heavy atom. The maximum Gasteiger partial charge on any atom is 0.335 e. The second-order valence-electron chi connectivity index (χ2n) is 5.97. The Labute approximate surface area is 142 Å². The first-order valence-electron chi connectivity index (χ1n) is 8.55. The summed E-state index contributed by atoms with van der Waals surface area (Å²) in [4.78, 5) is 22.1. The Morgan fingerprint density at radius 3 is 1.75 bits per heavy atom. The van der Waals surface area contributed by atoms with Crippen molar-refractivity contribution in [3.05, 3.63) is 0 Å². The van der Waals surface area contributed by atoms with E-state index >= 15 is 0 Å². The number of nitrogens with one attached hydrogen (secondary N) is 1. The Balaban J connectivity index is 3.88. The van der Waals surface area contributed by atoms with Gasteiger partial charge in [0, 0.05) is 6.54 Å². The third-order valence-corrected chi connectivity index (χ3v) is 3.85. The molecule has 4 atom stereocenters. The van der Waals surface area contributed by atoms with Gasteiger partial charge in [-0.05, 0) is 6.42 Å². The third kappa shape index (κ3) is 9.17. The third-order valence-electron chi connectivity index (χ3n) is 3.85. The molecule has 0 bridgehead atoms. The van der Waals surface area contributed by atoms with E-state index in [-0.39, 0.29) is 0 Å². The first-order chi connectivity index (χ1) is 11.3. The smallest absolute Gasteiger partial charge is 0.335 e. The van der Waals surface area contributed by atoms with Gasteiger partial charge in [-0.3, -0.25) is 4.79 Å². The number of rotatable bonds is 14. The number of hydrogen-bond acceptors (Lipinski definition) is 6. The first-order valence-corrected chi connectivity index (χ1v) is 8.55. The molecule has 0 spiro atoms. The van der Waals surface area contributed by atoms with E-state index in [9.17, 15) is 24.9 Å². The maximum absolute atomic E-state index is 11.6. The lowest BCUT2D eigenvalue weighted by atomic mass is 10.0.